The number of hydrogen-bond acceptors (Lipinski definition) is 3. The molecule has 2 rings (SSSR count). The van der Waals surface area contributed by atoms with E-state index in [9.17, 15) is 12.8 Å². The molecule has 0 bridgehead atoms. The van der Waals surface area contributed by atoms with E-state index in [0.717, 1.165) is 11.8 Å². The lowest BCUT2D eigenvalue weighted by Gasteiger charge is -2.20. The van der Waals surface area contributed by atoms with Crippen LogP contribution in [-0.4, -0.2) is 14.6 Å². The number of sulfonamides is 1. The fourth-order valence-electron chi connectivity index (χ4n) is 2.20. The molecule has 7 heteroatoms. The number of nitrogens with zero attached hydrogens (tertiary/aromatic N) is 1. The van der Waals surface area contributed by atoms with Crippen LogP contribution in [0.2, 0.25) is 5.02 Å². The Morgan fingerprint density at radius 2 is 1.88 bits per heavy atom. The summed E-state index contributed by atoms with van der Waals surface area (Å²) in [5, 5.41) is 3.80. The highest BCUT2D eigenvalue weighted by Crippen LogP contribution is 2.26. The van der Waals surface area contributed by atoms with Gasteiger partial charge in [-0.2, -0.15) is 13.5 Å². The third kappa shape index (κ3) is 4.58. The molecule has 25 heavy (non-hydrogen) atoms. The van der Waals surface area contributed by atoms with Crippen molar-refractivity contribution in [2.24, 2.45) is 5.10 Å². The summed E-state index contributed by atoms with van der Waals surface area (Å²) < 4.78 is 38.8. The molecule has 0 amide bonds. The molecule has 2 aromatic carbocycles. The monoisotopic (exact) mass is 382 g/mol. The van der Waals surface area contributed by atoms with Crippen molar-refractivity contribution in [2.45, 2.75) is 38.0 Å². The van der Waals surface area contributed by atoms with Crippen molar-refractivity contribution in [3.05, 3.63) is 63.9 Å². The van der Waals surface area contributed by atoms with E-state index < -0.39 is 15.8 Å². The Hall–Kier alpha value is -1.92. The van der Waals surface area contributed by atoms with Gasteiger partial charge in [-0.25, -0.2) is 9.22 Å². The lowest BCUT2D eigenvalue weighted by molar-refractivity contribution is 0.577. The molecule has 1 N–H and O–H groups in total. The van der Waals surface area contributed by atoms with E-state index >= 15 is 0 Å². The number of aryl methyl sites for hydroxylation is 1. The summed E-state index contributed by atoms with van der Waals surface area (Å²) in [5.41, 5.74) is 1.31. The second kappa shape index (κ2) is 7.14. The molecule has 0 unspecified atom stereocenters. The van der Waals surface area contributed by atoms with Crippen LogP contribution in [-0.2, 0) is 15.4 Å². The van der Waals surface area contributed by atoms with Gasteiger partial charge in [0.15, 0.2) is 0 Å². The third-order valence-corrected chi connectivity index (χ3v) is 5.40. The quantitative estimate of drug-likeness (QED) is 0.629. The first-order valence-electron chi connectivity index (χ1n) is 7.62. The molecular weight excluding hydrogens is 363 g/mol. The number of nitrogens with one attached hydrogen (secondary N) is 1. The molecule has 0 aliphatic rings. The molecule has 0 saturated carbocycles. The molecule has 0 saturated heterocycles. The zero-order valence-electron chi connectivity index (χ0n) is 14.5. The van der Waals surface area contributed by atoms with Gasteiger partial charge in [0, 0.05) is 5.56 Å². The van der Waals surface area contributed by atoms with E-state index in [-0.39, 0.29) is 20.9 Å². The minimum atomic E-state index is -3.88. The molecule has 0 radical (unpaired) electrons. The first-order chi connectivity index (χ1) is 11.5. The van der Waals surface area contributed by atoms with E-state index in [1.807, 2.05) is 26.8 Å². The Labute approximate surface area is 152 Å². The van der Waals surface area contributed by atoms with Crippen LogP contribution in [0.5, 0.6) is 0 Å². The summed E-state index contributed by atoms with van der Waals surface area (Å²) >= 11 is 5.88. The number of hydrogen-bond donors (Lipinski definition) is 1. The molecule has 0 aromatic heterocycles. The lowest BCUT2D eigenvalue weighted by atomic mass is 9.87. The average molecular weight is 383 g/mol. The van der Waals surface area contributed by atoms with Crippen molar-refractivity contribution >= 4 is 27.8 Å². The number of benzene rings is 2. The fourth-order valence-corrected chi connectivity index (χ4v) is 3.48. The summed E-state index contributed by atoms with van der Waals surface area (Å²) in [6.07, 6.45) is 1.05. The summed E-state index contributed by atoms with van der Waals surface area (Å²) in [5.74, 6) is -0.582. The molecule has 0 aliphatic carbocycles. The van der Waals surface area contributed by atoms with Crippen LogP contribution in [0.1, 0.15) is 37.5 Å². The van der Waals surface area contributed by atoms with Crippen molar-refractivity contribution in [2.75, 3.05) is 0 Å². The van der Waals surface area contributed by atoms with Crippen molar-refractivity contribution in [3.8, 4) is 0 Å². The molecular formula is C18H20ClFN2O2S. The third-order valence-electron chi connectivity index (χ3n) is 3.71. The minimum Gasteiger partial charge on any atom is -0.206 e. The highest BCUT2D eigenvalue weighted by atomic mass is 35.5. The van der Waals surface area contributed by atoms with Crippen molar-refractivity contribution in [1.29, 1.82) is 0 Å². The van der Waals surface area contributed by atoms with Crippen LogP contribution < -0.4 is 4.83 Å². The maximum atomic E-state index is 13.7. The Kier molecular flexibility index (Phi) is 5.54. The Morgan fingerprint density at radius 3 is 2.48 bits per heavy atom. The van der Waals surface area contributed by atoms with Crippen LogP contribution in [0.4, 0.5) is 4.39 Å². The zero-order valence-corrected chi connectivity index (χ0v) is 16.0. The summed E-state index contributed by atoms with van der Waals surface area (Å²) in [6.45, 7) is 7.71. The van der Waals surface area contributed by atoms with Crippen molar-refractivity contribution in [1.82, 2.24) is 4.83 Å². The van der Waals surface area contributed by atoms with Gasteiger partial charge in [0.25, 0.3) is 10.0 Å². The predicted molar refractivity (Wildman–Crippen MR) is 99.2 cm³/mol. The molecule has 0 spiro atoms. The van der Waals surface area contributed by atoms with Gasteiger partial charge >= 0.3 is 0 Å². The second-order valence-corrected chi connectivity index (χ2v) is 8.76. The molecule has 134 valence electrons. The van der Waals surface area contributed by atoms with Gasteiger partial charge in [-0.3, -0.25) is 0 Å². The SMILES string of the molecule is Cc1ccc(C(C)(C)C)cc1S(=O)(=O)N/N=C/c1c(F)cccc1Cl. The topological polar surface area (TPSA) is 58.5 Å². The predicted octanol–water partition coefficient (Wildman–Crippen LogP) is 4.40. The fraction of sp³-hybridized carbons (Fsp3) is 0.278. The summed E-state index contributed by atoms with van der Waals surface area (Å²) in [7, 11) is -3.88. The van der Waals surface area contributed by atoms with Gasteiger partial charge < -0.3 is 0 Å². The van der Waals surface area contributed by atoms with Gasteiger partial charge in [0.1, 0.15) is 5.82 Å². The largest absolute Gasteiger partial charge is 0.276 e. The molecule has 0 heterocycles. The van der Waals surface area contributed by atoms with Crippen LogP contribution in [0.15, 0.2) is 46.4 Å². The number of rotatable bonds is 4. The zero-order chi connectivity index (χ0) is 18.8. The lowest BCUT2D eigenvalue weighted by Crippen LogP contribution is -2.21. The highest BCUT2D eigenvalue weighted by molar-refractivity contribution is 7.89. The maximum absolute atomic E-state index is 13.7. The maximum Gasteiger partial charge on any atom is 0.276 e. The molecule has 0 atom stereocenters. The van der Waals surface area contributed by atoms with E-state index in [0.29, 0.717) is 5.56 Å². The Bertz CT molecular complexity index is 899. The second-order valence-electron chi connectivity index (χ2n) is 6.72. The molecule has 4 nitrogen and oxygen atoms in total. The van der Waals surface area contributed by atoms with Gasteiger partial charge in [0.2, 0.25) is 0 Å². The highest BCUT2D eigenvalue weighted by Gasteiger charge is 2.21. The minimum absolute atomic E-state index is 0.0204. The smallest absolute Gasteiger partial charge is 0.206 e. The Morgan fingerprint density at radius 1 is 1.20 bits per heavy atom. The standard InChI is InChI=1S/C18H20ClFN2O2S/c1-12-8-9-13(18(2,3)4)10-17(12)25(23,24)22-21-11-14-15(19)6-5-7-16(14)20/h5-11,22H,1-4H3/b21-11+. The van der Waals surface area contributed by atoms with E-state index in [4.69, 9.17) is 11.6 Å². The first-order valence-corrected chi connectivity index (χ1v) is 9.48. The van der Waals surface area contributed by atoms with E-state index in [1.54, 1.807) is 19.1 Å². The van der Waals surface area contributed by atoms with Crippen molar-refractivity contribution in [3.63, 3.8) is 0 Å². The first kappa shape index (κ1) is 19.4. The van der Waals surface area contributed by atoms with Gasteiger partial charge in [-0.1, -0.05) is 50.6 Å². The number of halogens is 2. The summed E-state index contributed by atoms with van der Waals surface area (Å²) in [4.78, 5) is 2.25. The van der Waals surface area contributed by atoms with Crippen LogP contribution in [0.25, 0.3) is 0 Å². The number of hydrazone groups is 1. The Balaban J connectivity index is 2.33. The van der Waals surface area contributed by atoms with Gasteiger partial charge in [-0.15, -0.1) is 0 Å². The molecule has 0 aliphatic heterocycles. The normalized spacial score (nSPS) is 12.6. The van der Waals surface area contributed by atoms with E-state index in [2.05, 4.69) is 9.93 Å². The van der Waals surface area contributed by atoms with Gasteiger partial charge in [0.05, 0.1) is 16.1 Å². The average Bonchev–Trinajstić information content (AvgIpc) is 2.49. The molecule has 2 aromatic rings. The summed E-state index contributed by atoms with van der Waals surface area (Å²) in [6, 6.07) is 9.46. The molecule has 0 fully saturated rings. The van der Waals surface area contributed by atoms with Crippen LogP contribution >= 0.6 is 11.6 Å². The van der Waals surface area contributed by atoms with Gasteiger partial charge in [-0.05, 0) is 41.7 Å². The van der Waals surface area contributed by atoms with Crippen LogP contribution in [0, 0.1) is 12.7 Å². The van der Waals surface area contributed by atoms with E-state index in [1.165, 1.54) is 18.2 Å². The van der Waals surface area contributed by atoms with Crippen molar-refractivity contribution < 1.29 is 12.8 Å². The van der Waals surface area contributed by atoms with Crippen LogP contribution in [0.3, 0.4) is 0 Å².